The highest BCUT2D eigenvalue weighted by atomic mass is 127. The van der Waals surface area contributed by atoms with Crippen molar-refractivity contribution >= 4 is 51.6 Å². The van der Waals surface area contributed by atoms with Crippen LogP contribution in [0.2, 0.25) is 0 Å². The molecule has 1 rings (SSSR count). The van der Waals surface area contributed by atoms with Gasteiger partial charge < -0.3 is 8.17 Å². The summed E-state index contributed by atoms with van der Waals surface area (Å²) in [5.41, 5.74) is 0.191. The maximum Gasteiger partial charge on any atom is 0.339 e. The monoisotopic (exact) mass is 390 g/mol. The molecule has 0 bridgehead atoms. The largest absolute Gasteiger partial charge is 0.478 e. The van der Waals surface area contributed by atoms with Gasteiger partial charge in [-0.1, -0.05) is 0 Å². The molecule has 0 aliphatic carbocycles. The predicted molar refractivity (Wildman–Crippen MR) is 60.8 cm³/mol. The Labute approximate surface area is 96.9 Å². The van der Waals surface area contributed by atoms with Crippen LogP contribution in [-0.4, -0.2) is 11.1 Å². The van der Waals surface area contributed by atoms with Gasteiger partial charge in [-0.15, -0.1) is 0 Å². The van der Waals surface area contributed by atoms with E-state index in [4.69, 9.17) is 8.17 Å². The first-order chi connectivity index (χ1) is 5.65. The van der Waals surface area contributed by atoms with Gasteiger partial charge in [0.1, 0.15) is 11.3 Å². The average Bonchev–Trinajstić information content (AvgIpc) is 2.04. The Morgan fingerprint density at radius 1 is 1.50 bits per heavy atom. The number of halogens is 2. The van der Waals surface area contributed by atoms with Crippen LogP contribution in [0.4, 0.5) is 0 Å². The number of carboxylic acid groups (broad SMARTS) is 1. The lowest BCUT2D eigenvalue weighted by Crippen LogP contribution is -1.98. The van der Waals surface area contributed by atoms with Gasteiger partial charge in [0.15, 0.2) is 23.0 Å². The second-order valence-electron chi connectivity index (χ2n) is 2.02. The van der Waals surface area contributed by atoms with Gasteiger partial charge >= 0.3 is 5.97 Å². The van der Waals surface area contributed by atoms with Crippen LogP contribution in [0.3, 0.4) is 0 Å². The zero-order valence-electron chi connectivity index (χ0n) is 5.75. The Bertz CT molecular complexity index is 312. The number of carbonyl (C=O) groups is 1. The minimum absolute atomic E-state index is 0.191. The smallest absolute Gasteiger partial charge is 0.339 e. The summed E-state index contributed by atoms with van der Waals surface area (Å²) in [6, 6.07) is 5.00. The van der Waals surface area contributed by atoms with Crippen LogP contribution < -0.4 is 3.07 Å². The Hall–Kier alpha value is -0.0500. The summed E-state index contributed by atoms with van der Waals surface area (Å²) in [4.78, 5) is 10.6. The van der Waals surface area contributed by atoms with E-state index in [1.807, 2.05) is 0 Å². The molecule has 0 fully saturated rings. The molecule has 0 aromatic heterocycles. The van der Waals surface area contributed by atoms with Gasteiger partial charge in [0.05, 0.1) is 0 Å². The highest BCUT2D eigenvalue weighted by Gasteiger charge is 2.10. The van der Waals surface area contributed by atoms with E-state index in [0.717, 1.165) is 3.57 Å². The van der Waals surface area contributed by atoms with Gasteiger partial charge in [0.2, 0.25) is 0 Å². The van der Waals surface area contributed by atoms with Crippen molar-refractivity contribution in [2.24, 2.45) is 0 Å². The molecule has 0 unspecified atom stereocenters. The Balaban J connectivity index is 3.21. The molecule has 0 heterocycles. The summed E-state index contributed by atoms with van der Waals surface area (Å²) in [5, 5.41) is 8.73. The molecule has 0 saturated heterocycles. The van der Waals surface area contributed by atoms with E-state index in [1.54, 1.807) is 41.2 Å². The van der Waals surface area contributed by atoms with Crippen LogP contribution in [0.25, 0.3) is 0 Å². The standard InChI is InChI=1S/C7H4I2O3/c8-4-1-2-6(12-9)5(3-4)7(10)11/h1-3H,(H,10,11). The third-order valence-electron chi connectivity index (χ3n) is 1.26. The Morgan fingerprint density at radius 3 is 2.67 bits per heavy atom. The van der Waals surface area contributed by atoms with Crippen LogP contribution in [0.5, 0.6) is 5.75 Å². The fourth-order valence-corrected chi connectivity index (χ4v) is 1.61. The first-order valence-corrected chi connectivity index (χ1v) is 4.92. The van der Waals surface area contributed by atoms with Crippen molar-refractivity contribution in [3.05, 3.63) is 27.3 Å². The van der Waals surface area contributed by atoms with E-state index in [1.165, 1.54) is 0 Å². The molecule has 0 atom stereocenters. The predicted octanol–water partition coefficient (Wildman–Crippen LogP) is 2.72. The third kappa shape index (κ3) is 2.22. The summed E-state index contributed by atoms with van der Waals surface area (Å²) in [6.07, 6.45) is 0. The molecular weight excluding hydrogens is 386 g/mol. The average molecular weight is 390 g/mol. The number of rotatable bonds is 2. The molecule has 1 N–H and O–H groups in total. The lowest BCUT2D eigenvalue weighted by molar-refractivity contribution is 0.0695. The number of hydrogen-bond donors (Lipinski definition) is 1. The van der Waals surface area contributed by atoms with Crippen molar-refractivity contribution in [2.45, 2.75) is 0 Å². The molecule has 0 aliphatic heterocycles. The Kier molecular flexibility index (Phi) is 3.56. The third-order valence-corrected chi connectivity index (χ3v) is 2.40. The van der Waals surface area contributed by atoms with E-state index >= 15 is 0 Å². The van der Waals surface area contributed by atoms with Crippen molar-refractivity contribution in [1.82, 2.24) is 0 Å². The number of benzene rings is 1. The summed E-state index contributed by atoms with van der Waals surface area (Å²) in [5.74, 6) is -0.594. The minimum atomic E-state index is -0.972. The maximum atomic E-state index is 10.6. The highest BCUT2D eigenvalue weighted by molar-refractivity contribution is 14.1. The molecular formula is C7H4I2O3. The van der Waals surface area contributed by atoms with Crippen LogP contribution in [0.15, 0.2) is 18.2 Å². The summed E-state index contributed by atoms with van der Waals surface area (Å²) in [7, 11) is 0. The zero-order valence-corrected chi connectivity index (χ0v) is 10.1. The first-order valence-electron chi connectivity index (χ1n) is 2.96. The number of hydrogen-bond acceptors (Lipinski definition) is 2. The number of aromatic carboxylic acids is 1. The van der Waals surface area contributed by atoms with Crippen LogP contribution in [0.1, 0.15) is 10.4 Å². The zero-order chi connectivity index (χ0) is 9.14. The van der Waals surface area contributed by atoms with Gasteiger partial charge in [-0.05, 0) is 40.8 Å². The molecule has 3 nitrogen and oxygen atoms in total. The van der Waals surface area contributed by atoms with Crippen LogP contribution in [0, 0.1) is 3.57 Å². The molecule has 64 valence electrons. The van der Waals surface area contributed by atoms with Crippen molar-refractivity contribution in [1.29, 1.82) is 0 Å². The molecule has 0 saturated carbocycles. The fraction of sp³-hybridized carbons (Fsp3) is 0. The maximum absolute atomic E-state index is 10.6. The summed E-state index contributed by atoms with van der Waals surface area (Å²) in [6.45, 7) is 0. The second kappa shape index (κ2) is 4.26. The molecule has 5 heteroatoms. The lowest BCUT2D eigenvalue weighted by Gasteiger charge is -2.01. The highest BCUT2D eigenvalue weighted by Crippen LogP contribution is 2.22. The SMILES string of the molecule is O=C(O)c1cc(I)ccc1OI. The molecule has 12 heavy (non-hydrogen) atoms. The van der Waals surface area contributed by atoms with E-state index in [2.05, 4.69) is 22.6 Å². The first kappa shape index (κ1) is 10.0. The molecule has 0 spiro atoms. The van der Waals surface area contributed by atoms with Gasteiger partial charge in [-0.3, -0.25) is 0 Å². The Morgan fingerprint density at radius 2 is 2.17 bits per heavy atom. The van der Waals surface area contributed by atoms with Crippen molar-refractivity contribution in [2.75, 3.05) is 0 Å². The van der Waals surface area contributed by atoms with E-state index in [-0.39, 0.29) is 5.56 Å². The van der Waals surface area contributed by atoms with E-state index < -0.39 is 5.97 Å². The van der Waals surface area contributed by atoms with Crippen molar-refractivity contribution < 1.29 is 13.0 Å². The van der Waals surface area contributed by atoms with Gasteiger partial charge in [0, 0.05) is 3.57 Å². The molecule has 1 aromatic carbocycles. The minimum Gasteiger partial charge on any atom is -0.478 e. The van der Waals surface area contributed by atoms with Crippen LogP contribution in [-0.2, 0) is 0 Å². The number of carboxylic acids is 1. The second-order valence-corrected chi connectivity index (χ2v) is 3.71. The molecule has 0 aliphatic rings. The summed E-state index contributed by atoms with van der Waals surface area (Å²) >= 11 is 3.71. The molecule has 0 radical (unpaired) electrons. The van der Waals surface area contributed by atoms with Gasteiger partial charge in [0.25, 0.3) is 0 Å². The molecule has 0 amide bonds. The normalized spacial score (nSPS) is 9.50. The molecule has 1 aromatic rings. The summed E-state index contributed by atoms with van der Waals surface area (Å²) < 4.78 is 5.72. The topological polar surface area (TPSA) is 46.5 Å². The fourth-order valence-electron chi connectivity index (χ4n) is 0.737. The van der Waals surface area contributed by atoms with Crippen LogP contribution >= 0.6 is 45.6 Å². The van der Waals surface area contributed by atoms with Crippen molar-refractivity contribution in [3.8, 4) is 5.75 Å². The van der Waals surface area contributed by atoms with E-state index in [0.29, 0.717) is 5.75 Å². The lowest BCUT2D eigenvalue weighted by atomic mass is 10.2. The van der Waals surface area contributed by atoms with Crippen molar-refractivity contribution in [3.63, 3.8) is 0 Å². The van der Waals surface area contributed by atoms with E-state index in [9.17, 15) is 4.79 Å². The van der Waals surface area contributed by atoms with Gasteiger partial charge in [-0.2, -0.15) is 0 Å². The quantitative estimate of drug-likeness (QED) is 0.791. The van der Waals surface area contributed by atoms with Gasteiger partial charge in [-0.25, -0.2) is 4.79 Å².